The third kappa shape index (κ3) is 3.80. The molecule has 1 N–H and O–H groups in total. The van der Waals surface area contributed by atoms with Gasteiger partial charge in [0.1, 0.15) is 12.3 Å². The smallest absolute Gasteiger partial charge is 0.410 e. The molecule has 154 valence electrons. The molecule has 7 heteroatoms. The van der Waals surface area contributed by atoms with Gasteiger partial charge in [0.15, 0.2) is 5.78 Å². The summed E-state index contributed by atoms with van der Waals surface area (Å²) in [4.78, 5) is 43.9. The van der Waals surface area contributed by atoms with Gasteiger partial charge in [0.25, 0.3) is 5.91 Å². The molecule has 0 saturated carbocycles. The first-order valence-corrected chi connectivity index (χ1v) is 10.3. The van der Waals surface area contributed by atoms with Crippen molar-refractivity contribution in [1.29, 1.82) is 0 Å². The van der Waals surface area contributed by atoms with Crippen LogP contribution in [-0.2, 0) is 4.74 Å². The lowest BCUT2D eigenvalue weighted by molar-refractivity contribution is 0.0627. The lowest BCUT2D eigenvalue weighted by Gasteiger charge is -2.37. The van der Waals surface area contributed by atoms with Crippen molar-refractivity contribution < 1.29 is 19.1 Å². The number of ketones is 1. The summed E-state index contributed by atoms with van der Waals surface area (Å²) >= 11 is 0. The number of nitrogens with one attached hydrogen (secondary N) is 1. The molecule has 0 bridgehead atoms. The zero-order valence-corrected chi connectivity index (χ0v) is 17.3. The van der Waals surface area contributed by atoms with Crippen molar-refractivity contribution in [3.8, 4) is 0 Å². The van der Waals surface area contributed by atoms with E-state index < -0.39 is 0 Å². The number of hydrogen-bond acceptors (Lipinski definition) is 4. The van der Waals surface area contributed by atoms with Crippen LogP contribution in [0.1, 0.15) is 78.1 Å². The average molecular weight is 389 g/mol. The van der Waals surface area contributed by atoms with E-state index in [0.717, 1.165) is 43.4 Å². The Hall–Kier alpha value is -2.31. The summed E-state index contributed by atoms with van der Waals surface area (Å²) in [5, 5.41) is 0. The number of piperidine rings is 1. The molecule has 0 aliphatic carbocycles. The number of cyclic esters (lactones) is 1. The normalized spacial score (nSPS) is 20.6. The highest BCUT2D eigenvalue weighted by Crippen LogP contribution is 2.28. The summed E-state index contributed by atoms with van der Waals surface area (Å²) in [6.45, 7) is 8.98. The molecule has 0 spiro atoms. The maximum absolute atomic E-state index is 13.0. The molecule has 2 fully saturated rings. The van der Waals surface area contributed by atoms with Crippen molar-refractivity contribution in [1.82, 2.24) is 14.8 Å². The van der Waals surface area contributed by atoms with E-state index >= 15 is 0 Å². The molecular formula is C21H31N3O4. The molecule has 2 aliphatic rings. The van der Waals surface area contributed by atoms with Crippen molar-refractivity contribution in [2.45, 2.75) is 71.9 Å². The minimum atomic E-state index is -0.215. The highest BCUT2D eigenvalue weighted by Gasteiger charge is 2.39. The van der Waals surface area contributed by atoms with Crippen LogP contribution < -0.4 is 0 Å². The number of nitrogens with zero attached hydrogens (tertiary/aromatic N) is 2. The predicted octanol–water partition coefficient (Wildman–Crippen LogP) is 3.45. The number of carbonyl (C=O) groups excluding carboxylic acids is 3. The minimum Gasteiger partial charge on any atom is -0.447 e. The van der Waals surface area contributed by atoms with Gasteiger partial charge in [-0.3, -0.25) is 14.5 Å². The summed E-state index contributed by atoms with van der Waals surface area (Å²) < 4.78 is 5.30. The van der Waals surface area contributed by atoms with Crippen LogP contribution in [0.3, 0.4) is 0 Å². The second-order valence-corrected chi connectivity index (χ2v) is 7.98. The van der Waals surface area contributed by atoms with Gasteiger partial charge < -0.3 is 14.6 Å². The molecule has 1 aromatic heterocycles. The van der Waals surface area contributed by atoms with Crippen molar-refractivity contribution in [3.05, 3.63) is 22.5 Å². The fraction of sp³-hybridized carbons (Fsp3) is 0.667. The van der Waals surface area contributed by atoms with E-state index in [1.165, 1.54) is 6.92 Å². The third-order valence-electron chi connectivity index (χ3n) is 6.04. The molecule has 0 aromatic carbocycles. The van der Waals surface area contributed by atoms with Gasteiger partial charge in [0, 0.05) is 30.4 Å². The average Bonchev–Trinajstić information content (AvgIpc) is 3.18. The summed E-state index contributed by atoms with van der Waals surface area (Å²) in [7, 11) is 0. The Balaban J connectivity index is 1.65. The number of hydrogen-bond donors (Lipinski definition) is 1. The van der Waals surface area contributed by atoms with Crippen LogP contribution in [0, 0.1) is 13.8 Å². The van der Waals surface area contributed by atoms with Gasteiger partial charge in [0.2, 0.25) is 0 Å². The maximum Gasteiger partial charge on any atom is 0.410 e. The number of aromatic nitrogens is 1. The topological polar surface area (TPSA) is 82.7 Å². The number of rotatable bonds is 6. The Morgan fingerprint density at radius 2 is 1.89 bits per heavy atom. The lowest BCUT2D eigenvalue weighted by atomic mass is 9.99. The van der Waals surface area contributed by atoms with Gasteiger partial charge in [-0.2, -0.15) is 0 Å². The lowest BCUT2D eigenvalue weighted by Crippen LogP contribution is -2.49. The molecule has 2 amide bonds. The van der Waals surface area contributed by atoms with Crippen LogP contribution >= 0.6 is 0 Å². The monoisotopic (exact) mass is 389 g/mol. The number of unbranched alkanes of at least 4 members (excludes halogenated alkanes) is 1. The number of aromatic amines is 1. The van der Waals surface area contributed by atoms with E-state index in [2.05, 4.69) is 11.9 Å². The second-order valence-electron chi connectivity index (χ2n) is 7.98. The number of amides is 2. The highest BCUT2D eigenvalue weighted by molar-refractivity contribution is 6.02. The van der Waals surface area contributed by atoms with Gasteiger partial charge in [-0.1, -0.05) is 19.8 Å². The molecule has 3 rings (SSSR count). The van der Waals surface area contributed by atoms with E-state index in [4.69, 9.17) is 4.74 Å². The Morgan fingerprint density at radius 1 is 1.21 bits per heavy atom. The first-order valence-electron chi connectivity index (χ1n) is 10.3. The highest BCUT2D eigenvalue weighted by atomic mass is 16.6. The fourth-order valence-electron chi connectivity index (χ4n) is 4.58. The molecule has 2 aliphatic heterocycles. The first-order chi connectivity index (χ1) is 13.3. The van der Waals surface area contributed by atoms with Gasteiger partial charge in [-0.05, 0) is 45.6 Å². The molecule has 1 atom stereocenters. The van der Waals surface area contributed by atoms with Crippen molar-refractivity contribution in [2.75, 3.05) is 19.7 Å². The summed E-state index contributed by atoms with van der Waals surface area (Å²) in [6, 6.07) is 0.284. The predicted molar refractivity (Wildman–Crippen MR) is 106 cm³/mol. The zero-order valence-electron chi connectivity index (χ0n) is 17.3. The molecule has 1 aromatic rings. The number of H-pyrrole nitrogens is 1. The van der Waals surface area contributed by atoms with Crippen LogP contribution in [-0.4, -0.2) is 64.3 Å². The number of aryl methyl sites for hydroxylation is 1. The maximum atomic E-state index is 13.0. The Labute approximate surface area is 166 Å². The van der Waals surface area contributed by atoms with E-state index in [9.17, 15) is 14.4 Å². The van der Waals surface area contributed by atoms with E-state index in [1.807, 2.05) is 23.6 Å². The Kier molecular flexibility index (Phi) is 6.10. The van der Waals surface area contributed by atoms with Crippen molar-refractivity contribution >= 4 is 17.8 Å². The minimum absolute atomic E-state index is 0.0327. The fourth-order valence-corrected chi connectivity index (χ4v) is 4.58. The van der Waals surface area contributed by atoms with Gasteiger partial charge in [-0.15, -0.1) is 0 Å². The Bertz CT molecular complexity index is 762. The number of likely N-dealkylation sites (tertiary alicyclic amines) is 1. The molecule has 3 heterocycles. The summed E-state index contributed by atoms with van der Waals surface area (Å²) in [6.07, 6.45) is 4.44. The molecule has 2 saturated heterocycles. The largest absolute Gasteiger partial charge is 0.447 e. The van der Waals surface area contributed by atoms with Crippen molar-refractivity contribution in [3.63, 3.8) is 0 Å². The molecular weight excluding hydrogens is 358 g/mol. The Morgan fingerprint density at radius 3 is 2.46 bits per heavy atom. The molecule has 7 nitrogen and oxygen atoms in total. The molecule has 28 heavy (non-hydrogen) atoms. The van der Waals surface area contributed by atoms with Crippen LogP contribution in [0.15, 0.2) is 0 Å². The van der Waals surface area contributed by atoms with Gasteiger partial charge >= 0.3 is 6.09 Å². The van der Waals surface area contributed by atoms with Gasteiger partial charge in [0.05, 0.1) is 6.04 Å². The van der Waals surface area contributed by atoms with E-state index in [-0.39, 0.29) is 29.9 Å². The standard InChI is InChI=1S/C21H31N3O4/c1-5-6-7-17-12-28-21(27)24(17)16-8-10-23(11-9-16)20(26)19-13(2)18(15(4)25)14(3)22-19/h16-17,22H,5-12H2,1-4H3. The van der Waals surface area contributed by atoms with Crippen LogP contribution in [0.5, 0.6) is 0 Å². The van der Waals surface area contributed by atoms with Crippen molar-refractivity contribution in [2.24, 2.45) is 0 Å². The summed E-state index contributed by atoms with van der Waals surface area (Å²) in [5.74, 6) is -0.104. The first kappa shape index (κ1) is 20.4. The second kappa shape index (κ2) is 8.37. The van der Waals surface area contributed by atoms with Gasteiger partial charge in [-0.25, -0.2) is 4.79 Å². The van der Waals surface area contributed by atoms with E-state index in [1.54, 1.807) is 0 Å². The quantitative estimate of drug-likeness (QED) is 0.756. The number of carbonyl (C=O) groups is 3. The zero-order chi connectivity index (χ0) is 20.4. The summed E-state index contributed by atoms with van der Waals surface area (Å²) in [5.41, 5.74) is 2.57. The van der Waals surface area contributed by atoms with E-state index in [0.29, 0.717) is 31.0 Å². The van der Waals surface area contributed by atoms with Crippen LogP contribution in [0.2, 0.25) is 0 Å². The number of Topliss-reactive ketones (excluding diaryl/α,β-unsaturated/α-hetero) is 1. The van der Waals surface area contributed by atoms with Crippen LogP contribution in [0.25, 0.3) is 0 Å². The SMILES string of the molecule is CCCCC1COC(=O)N1C1CCN(C(=O)c2[nH]c(C)c(C(C)=O)c2C)CC1. The number of ether oxygens (including phenoxy) is 1. The molecule has 1 unspecified atom stereocenters. The van der Waals surface area contributed by atoms with Crippen LogP contribution in [0.4, 0.5) is 4.79 Å². The molecule has 0 radical (unpaired) electrons. The third-order valence-corrected chi connectivity index (χ3v) is 6.04.